The van der Waals surface area contributed by atoms with Gasteiger partial charge in [-0.1, -0.05) is 23.7 Å². The van der Waals surface area contributed by atoms with Crippen molar-refractivity contribution in [2.24, 2.45) is 5.41 Å². The van der Waals surface area contributed by atoms with Gasteiger partial charge in [0.2, 0.25) is 0 Å². The summed E-state index contributed by atoms with van der Waals surface area (Å²) in [6.07, 6.45) is 1.87. The van der Waals surface area contributed by atoms with Crippen LogP contribution in [0.3, 0.4) is 0 Å². The Balaban J connectivity index is 1.91. The lowest BCUT2D eigenvalue weighted by Gasteiger charge is -2.22. The highest BCUT2D eigenvalue weighted by Gasteiger charge is 2.51. The number of methoxy groups -OCH3 is 1. The van der Waals surface area contributed by atoms with Crippen molar-refractivity contribution < 1.29 is 9.53 Å². The zero-order valence-electron chi connectivity index (χ0n) is 10.8. The number of carbonyl (C=O) groups is 1. The average molecular weight is 268 g/mol. The first kappa shape index (κ1) is 13.4. The molecular weight excluding hydrogens is 250 g/mol. The number of benzene rings is 1. The number of halogens is 1. The van der Waals surface area contributed by atoms with Crippen LogP contribution in [0.4, 0.5) is 0 Å². The fourth-order valence-corrected chi connectivity index (χ4v) is 2.39. The Kier molecular flexibility index (Phi) is 3.93. The van der Waals surface area contributed by atoms with Crippen LogP contribution in [-0.2, 0) is 16.1 Å². The first-order valence-corrected chi connectivity index (χ1v) is 6.45. The molecule has 2 rings (SSSR count). The molecule has 1 aromatic rings. The van der Waals surface area contributed by atoms with Gasteiger partial charge in [-0.05, 0) is 37.6 Å². The minimum Gasteiger partial charge on any atom is -0.469 e. The lowest BCUT2D eigenvalue weighted by molar-refractivity contribution is -0.147. The highest BCUT2D eigenvalue weighted by Crippen LogP contribution is 2.47. The lowest BCUT2D eigenvalue weighted by atomic mass is 10.1. The summed E-state index contributed by atoms with van der Waals surface area (Å²) in [5.74, 6) is -0.0783. The Morgan fingerprint density at radius 3 is 2.50 bits per heavy atom. The van der Waals surface area contributed by atoms with Crippen LogP contribution < -0.4 is 0 Å². The van der Waals surface area contributed by atoms with Crippen molar-refractivity contribution in [1.82, 2.24) is 4.90 Å². The summed E-state index contributed by atoms with van der Waals surface area (Å²) in [5.41, 5.74) is 0.943. The maximum absolute atomic E-state index is 11.7. The van der Waals surface area contributed by atoms with E-state index in [1.54, 1.807) is 0 Å². The van der Waals surface area contributed by atoms with Crippen LogP contribution in [0.15, 0.2) is 24.3 Å². The van der Waals surface area contributed by atoms with Crippen molar-refractivity contribution >= 4 is 17.6 Å². The maximum atomic E-state index is 11.7. The predicted octanol–water partition coefficient (Wildman–Crippen LogP) is 2.73. The first-order chi connectivity index (χ1) is 8.55. The lowest BCUT2D eigenvalue weighted by Crippen LogP contribution is -2.32. The summed E-state index contributed by atoms with van der Waals surface area (Å²) in [6.45, 7) is 1.57. The predicted molar refractivity (Wildman–Crippen MR) is 71.5 cm³/mol. The monoisotopic (exact) mass is 267 g/mol. The molecule has 1 aromatic carbocycles. The molecule has 1 fully saturated rings. The molecule has 98 valence electrons. The average Bonchev–Trinajstić information content (AvgIpc) is 3.12. The van der Waals surface area contributed by atoms with Gasteiger partial charge < -0.3 is 9.64 Å². The second-order valence-corrected chi connectivity index (χ2v) is 5.51. The summed E-state index contributed by atoms with van der Waals surface area (Å²) in [6, 6.07) is 7.79. The molecule has 0 bridgehead atoms. The summed E-state index contributed by atoms with van der Waals surface area (Å²) in [7, 11) is 3.49. The molecule has 0 radical (unpaired) electrons. The molecule has 18 heavy (non-hydrogen) atoms. The summed E-state index contributed by atoms with van der Waals surface area (Å²) < 4.78 is 4.86. The smallest absolute Gasteiger partial charge is 0.313 e. The van der Waals surface area contributed by atoms with Crippen LogP contribution in [0, 0.1) is 5.41 Å². The van der Waals surface area contributed by atoms with Gasteiger partial charge in [0, 0.05) is 18.1 Å². The van der Waals surface area contributed by atoms with Crippen molar-refractivity contribution in [2.45, 2.75) is 19.4 Å². The third-order valence-electron chi connectivity index (χ3n) is 3.41. The molecule has 0 unspecified atom stereocenters. The van der Waals surface area contributed by atoms with Gasteiger partial charge in [-0.25, -0.2) is 0 Å². The van der Waals surface area contributed by atoms with Crippen molar-refractivity contribution in [3.8, 4) is 0 Å². The van der Waals surface area contributed by atoms with Gasteiger partial charge in [0.05, 0.1) is 12.5 Å². The summed E-state index contributed by atoms with van der Waals surface area (Å²) in [4.78, 5) is 13.8. The number of nitrogens with zero attached hydrogens (tertiary/aromatic N) is 1. The maximum Gasteiger partial charge on any atom is 0.313 e. The standard InChI is InChI=1S/C14H18ClNO2/c1-16(9-11-3-5-12(15)6-4-11)10-14(7-8-14)13(17)18-2/h3-6H,7-10H2,1-2H3. The summed E-state index contributed by atoms with van der Waals surface area (Å²) >= 11 is 5.85. The van der Waals surface area contributed by atoms with Gasteiger partial charge in [-0.2, -0.15) is 0 Å². The number of carbonyl (C=O) groups excluding carboxylic acids is 1. The SMILES string of the molecule is COC(=O)C1(CN(C)Cc2ccc(Cl)cc2)CC1. The zero-order valence-corrected chi connectivity index (χ0v) is 11.5. The Morgan fingerprint density at radius 2 is 2.00 bits per heavy atom. The Bertz CT molecular complexity index is 426. The molecular formula is C14H18ClNO2. The van der Waals surface area contributed by atoms with Crippen LogP contribution in [0.1, 0.15) is 18.4 Å². The molecule has 0 amide bonds. The third kappa shape index (κ3) is 3.03. The van der Waals surface area contributed by atoms with Gasteiger partial charge >= 0.3 is 5.97 Å². The van der Waals surface area contributed by atoms with E-state index < -0.39 is 0 Å². The van der Waals surface area contributed by atoms with E-state index in [4.69, 9.17) is 16.3 Å². The van der Waals surface area contributed by atoms with Crippen LogP contribution >= 0.6 is 11.6 Å². The molecule has 0 N–H and O–H groups in total. The van der Waals surface area contributed by atoms with Crippen LogP contribution in [0.2, 0.25) is 5.02 Å². The second kappa shape index (κ2) is 5.29. The van der Waals surface area contributed by atoms with E-state index in [9.17, 15) is 4.79 Å². The van der Waals surface area contributed by atoms with E-state index in [0.29, 0.717) is 0 Å². The highest BCUT2D eigenvalue weighted by molar-refractivity contribution is 6.30. The number of ether oxygens (including phenoxy) is 1. The number of hydrogen-bond donors (Lipinski definition) is 0. The Labute approximate surface area is 113 Å². The molecule has 1 aliphatic rings. The zero-order chi connectivity index (χ0) is 13.2. The molecule has 1 aliphatic carbocycles. The topological polar surface area (TPSA) is 29.5 Å². The van der Waals surface area contributed by atoms with Gasteiger partial charge in [-0.15, -0.1) is 0 Å². The molecule has 0 aliphatic heterocycles. The van der Waals surface area contributed by atoms with E-state index >= 15 is 0 Å². The fourth-order valence-electron chi connectivity index (χ4n) is 2.27. The molecule has 3 nitrogen and oxygen atoms in total. The number of hydrogen-bond acceptors (Lipinski definition) is 3. The van der Waals surface area contributed by atoms with E-state index in [1.165, 1.54) is 12.7 Å². The summed E-state index contributed by atoms with van der Waals surface area (Å²) in [5, 5.41) is 0.745. The molecule has 0 atom stereocenters. The van der Waals surface area contributed by atoms with Crippen molar-refractivity contribution in [3.05, 3.63) is 34.9 Å². The quantitative estimate of drug-likeness (QED) is 0.769. The molecule has 0 spiro atoms. The first-order valence-electron chi connectivity index (χ1n) is 6.07. The van der Waals surface area contributed by atoms with Crippen LogP contribution in [0.25, 0.3) is 0 Å². The van der Waals surface area contributed by atoms with Crippen molar-refractivity contribution in [2.75, 3.05) is 20.7 Å². The van der Waals surface area contributed by atoms with E-state index in [-0.39, 0.29) is 11.4 Å². The van der Waals surface area contributed by atoms with Crippen molar-refractivity contribution in [1.29, 1.82) is 0 Å². The molecule has 0 saturated heterocycles. The van der Waals surface area contributed by atoms with Crippen molar-refractivity contribution in [3.63, 3.8) is 0 Å². The molecule has 4 heteroatoms. The van der Waals surface area contributed by atoms with Gasteiger partial charge in [0.25, 0.3) is 0 Å². The van der Waals surface area contributed by atoms with E-state index in [1.807, 2.05) is 31.3 Å². The van der Waals surface area contributed by atoms with Gasteiger partial charge in [0.1, 0.15) is 0 Å². The fraction of sp³-hybridized carbons (Fsp3) is 0.500. The molecule has 0 aromatic heterocycles. The molecule has 0 heterocycles. The minimum atomic E-state index is -0.254. The van der Waals surface area contributed by atoms with Crippen LogP contribution in [-0.4, -0.2) is 31.6 Å². The normalized spacial score (nSPS) is 16.7. The second-order valence-electron chi connectivity index (χ2n) is 5.07. The third-order valence-corrected chi connectivity index (χ3v) is 3.66. The van der Waals surface area contributed by atoms with Gasteiger partial charge in [-0.3, -0.25) is 4.79 Å². The van der Waals surface area contributed by atoms with E-state index in [2.05, 4.69) is 4.90 Å². The van der Waals surface area contributed by atoms with Gasteiger partial charge in [0.15, 0.2) is 0 Å². The Morgan fingerprint density at radius 1 is 1.39 bits per heavy atom. The highest BCUT2D eigenvalue weighted by atomic mass is 35.5. The largest absolute Gasteiger partial charge is 0.469 e. The number of esters is 1. The Hall–Kier alpha value is -1.06. The molecule has 1 saturated carbocycles. The van der Waals surface area contributed by atoms with Crippen LogP contribution in [0.5, 0.6) is 0 Å². The number of rotatable bonds is 5. The minimum absolute atomic E-state index is 0.0783. The van der Waals surface area contributed by atoms with E-state index in [0.717, 1.165) is 31.0 Å².